The first-order valence-corrected chi connectivity index (χ1v) is 18.1. The fraction of sp³-hybridized carbons (Fsp3) is 0.289. The number of hydrogen-bond donors (Lipinski definition) is 0. The van der Waals surface area contributed by atoms with E-state index in [9.17, 15) is 9.59 Å². The van der Waals surface area contributed by atoms with Gasteiger partial charge in [-0.1, -0.05) is 129 Å². The van der Waals surface area contributed by atoms with E-state index in [1.165, 1.54) is 6.92 Å². The molecule has 5 aromatic rings. The Hall–Kier alpha value is -5.56. The average Bonchev–Trinajstić information content (AvgIpc) is 3.17. The van der Waals surface area contributed by atoms with Crippen LogP contribution in [0.25, 0.3) is 0 Å². The molecule has 0 radical (unpaired) electrons. The Labute approximate surface area is 307 Å². The van der Waals surface area contributed by atoms with Gasteiger partial charge in [0.15, 0.2) is 17.2 Å². The van der Waals surface area contributed by atoms with Crippen molar-refractivity contribution in [2.45, 2.75) is 78.6 Å². The van der Waals surface area contributed by atoms with Gasteiger partial charge in [-0.2, -0.15) is 0 Å². The van der Waals surface area contributed by atoms with E-state index in [1.54, 1.807) is 12.1 Å². The third-order valence-corrected chi connectivity index (χ3v) is 8.52. The predicted octanol–water partition coefficient (Wildman–Crippen LogP) is 10.3. The Kier molecular flexibility index (Phi) is 14.7. The molecule has 0 saturated heterocycles. The molecule has 0 spiro atoms. The lowest BCUT2D eigenvalue weighted by atomic mass is 10.0. The first kappa shape index (κ1) is 37.7. The van der Waals surface area contributed by atoms with Gasteiger partial charge in [0.25, 0.3) is 0 Å². The van der Waals surface area contributed by atoms with E-state index < -0.39 is 11.9 Å². The van der Waals surface area contributed by atoms with Crippen molar-refractivity contribution in [1.82, 2.24) is 0 Å². The Bertz CT molecular complexity index is 1840. The average molecular weight is 701 g/mol. The van der Waals surface area contributed by atoms with E-state index in [1.807, 2.05) is 85.8 Å². The van der Waals surface area contributed by atoms with E-state index in [0.717, 1.165) is 72.3 Å². The molecule has 7 heteroatoms. The number of benzene rings is 5. The predicted molar refractivity (Wildman–Crippen MR) is 203 cm³/mol. The molecule has 7 nitrogen and oxygen atoms in total. The van der Waals surface area contributed by atoms with Crippen molar-refractivity contribution in [3.05, 3.63) is 155 Å². The zero-order chi connectivity index (χ0) is 36.4. The number of aryl methyl sites for hydroxylation is 1. The van der Waals surface area contributed by atoms with Crippen LogP contribution in [0.15, 0.2) is 121 Å². The summed E-state index contributed by atoms with van der Waals surface area (Å²) in [4.78, 5) is 25.2. The van der Waals surface area contributed by atoms with Crippen molar-refractivity contribution in [2.24, 2.45) is 0 Å². The van der Waals surface area contributed by atoms with Gasteiger partial charge < -0.3 is 23.7 Å². The highest BCUT2D eigenvalue weighted by Gasteiger charge is 2.23. The van der Waals surface area contributed by atoms with E-state index in [0.29, 0.717) is 37.6 Å². The molecule has 0 fully saturated rings. The summed E-state index contributed by atoms with van der Waals surface area (Å²) in [5.74, 6) is 1.32. The Morgan fingerprint density at radius 2 is 1.15 bits per heavy atom. The number of carbonyl (C=O) groups is 2. The molecule has 52 heavy (non-hydrogen) atoms. The van der Waals surface area contributed by atoms with Gasteiger partial charge in [0.2, 0.25) is 0 Å². The lowest BCUT2D eigenvalue weighted by molar-refractivity contribution is -0.131. The number of carbonyl (C=O) groups excluding carboxylic acids is 2. The van der Waals surface area contributed by atoms with Crippen LogP contribution < -0.4 is 18.9 Å². The molecule has 0 aromatic heterocycles. The molecule has 0 bridgehead atoms. The second-order valence-electron chi connectivity index (χ2n) is 12.6. The van der Waals surface area contributed by atoms with Gasteiger partial charge in [0.05, 0.1) is 6.61 Å². The van der Waals surface area contributed by atoms with Crippen LogP contribution in [0.2, 0.25) is 0 Å². The van der Waals surface area contributed by atoms with Crippen molar-refractivity contribution in [1.29, 1.82) is 0 Å². The molecule has 0 saturated carbocycles. The van der Waals surface area contributed by atoms with Crippen LogP contribution in [0.3, 0.4) is 0 Å². The number of rotatable bonds is 20. The smallest absolute Gasteiger partial charge is 0.342 e. The molecule has 270 valence electrons. The van der Waals surface area contributed by atoms with Crippen molar-refractivity contribution in [2.75, 3.05) is 6.61 Å². The molecular weight excluding hydrogens is 652 g/mol. The first-order valence-electron chi connectivity index (χ1n) is 18.1. The van der Waals surface area contributed by atoms with Gasteiger partial charge in [0.1, 0.15) is 31.1 Å². The van der Waals surface area contributed by atoms with E-state index in [2.05, 4.69) is 30.3 Å². The van der Waals surface area contributed by atoms with Gasteiger partial charge >= 0.3 is 11.9 Å². The highest BCUT2D eigenvalue weighted by molar-refractivity contribution is 5.94. The molecule has 0 unspecified atom stereocenters. The number of ether oxygens (including phenoxy) is 5. The summed E-state index contributed by atoms with van der Waals surface area (Å²) >= 11 is 0. The van der Waals surface area contributed by atoms with Crippen molar-refractivity contribution >= 4 is 11.9 Å². The quantitative estimate of drug-likeness (QED) is 0.0454. The van der Waals surface area contributed by atoms with Crippen molar-refractivity contribution < 1.29 is 33.3 Å². The number of para-hydroxylation sites is 1. The lowest BCUT2D eigenvalue weighted by Crippen LogP contribution is -2.13. The topological polar surface area (TPSA) is 80.3 Å². The molecule has 0 N–H and O–H groups in total. The van der Waals surface area contributed by atoms with Crippen LogP contribution in [-0.4, -0.2) is 18.5 Å². The van der Waals surface area contributed by atoms with Gasteiger partial charge in [-0.05, 0) is 66.1 Å². The number of hydrogen-bond acceptors (Lipinski definition) is 7. The maximum atomic E-state index is 13.1. The molecule has 0 heterocycles. The molecule has 0 amide bonds. The van der Waals surface area contributed by atoms with Crippen LogP contribution in [0, 0.1) is 0 Å². The molecule has 0 aliphatic rings. The van der Waals surface area contributed by atoms with Gasteiger partial charge in [-0.3, -0.25) is 4.79 Å². The second kappa shape index (κ2) is 20.3. The van der Waals surface area contributed by atoms with Gasteiger partial charge in [0, 0.05) is 12.5 Å². The Morgan fingerprint density at radius 1 is 0.538 bits per heavy atom. The SMILES string of the molecule is CCCc1c(OCCCCCCc2cccc(OCc3ccccc3)c2OCc2ccccc2)ccc(C(=O)OCc2ccccc2)c1OC(C)=O. The summed E-state index contributed by atoms with van der Waals surface area (Å²) in [6.45, 7) is 4.92. The minimum atomic E-state index is -0.550. The van der Waals surface area contributed by atoms with E-state index in [-0.39, 0.29) is 17.9 Å². The largest absolute Gasteiger partial charge is 0.493 e. The normalized spacial score (nSPS) is 10.7. The summed E-state index contributed by atoms with van der Waals surface area (Å²) in [6.07, 6.45) is 6.07. The Morgan fingerprint density at radius 3 is 1.79 bits per heavy atom. The second-order valence-corrected chi connectivity index (χ2v) is 12.6. The highest BCUT2D eigenvalue weighted by Crippen LogP contribution is 2.36. The van der Waals surface area contributed by atoms with Crippen molar-refractivity contribution in [3.8, 4) is 23.0 Å². The maximum absolute atomic E-state index is 13.1. The van der Waals surface area contributed by atoms with Crippen LogP contribution in [-0.2, 0) is 42.2 Å². The highest BCUT2D eigenvalue weighted by atomic mass is 16.6. The van der Waals surface area contributed by atoms with Gasteiger partial charge in [-0.25, -0.2) is 4.79 Å². The molecule has 0 aliphatic heterocycles. The fourth-order valence-corrected chi connectivity index (χ4v) is 5.91. The fourth-order valence-electron chi connectivity index (χ4n) is 5.91. The summed E-state index contributed by atoms with van der Waals surface area (Å²) in [5.41, 5.74) is 5.11. The van der Waals surface area contributed by atoms with Crippen LogP contribution >= 0.6 is 0 Å². The zero-order valence-corrected chi connectivity index (χ0v) is 30.2. The Balaban J connectivity index is 1.16. The summed E-state index contributed by atoms with van der Waals surface area (Å²) in [6, 6.07) is 39.3. The standard InChI is InChI=1S/C45H48O7/c1-3-18-39-41(29-28-40(44(39)52-34(2)46)45(47)51-33-37-23-13-8-14-24-37)48-30-16-5-4-15-25-38-26-17-27-42(49-31-35-19-9-6-10-20-35)43(38)50-32-36-21-11-7-12-22-36/h6-14,17,19-24,26-29H,3-5,15-16,18,25,30-33H2,1-2H3. The van der Waals surface area contributed by atoms with E-state index >= 15 is 0 Å². The molecule has 5 rings (SSSR count). The third kappa shape index (κ3) is 11.5. The monoisotopic (exact) mass is 700 g/mol. The maximum Gasteiger partial charge on any atom is 0.342 e. The van der Waals surface area contributed by atoms with Crippen LogP contribution in [0.1, 0.15) is 84.1 Å². The summed E-state index contributed by atoms with van der Waals surface area (Å²) < 4.78 is 30.1. The summed E-state index contributed by atoms with van der Waals surface area (Å²) in [7, 11) is 0. The molecule has 5 aromatic carbocycles. The number of esters is 2. The minimum absolute atomic E-state index is 0.121. The molecule has 0 aliphatic carbocycles. The zero-order valence-electron chi connectivity index (χ0n) is 30.2. The minimum Gasteiger partial charge on any atom is -0.493 e. The molecular formula is C45H48O7. The third-order valence-electron chi connectivity index (χ3n) is 8.52. The number of unbranched alkanes of at least 4 members (excludes halogenated alkanes) is 3. The summed E-state index contributed by atoms with van der Waals surface area (Å²) in [5, 5.41) is 0. The lowest BCUT2D eigenvalue weighted by Gasteiger charge is -2.18. The molecule has 0 atom stereocenters. The van der Waals surface area contributed by atoms with Gasteiger partial charge in [-0.15, -0.1) is 0 Å². The first-order chi connectivity index (χ1) is 25.5. The van der Waals surface area contributed by atoms with E-state index in [4.69, 9.17) is 23.7 Å². The van der Waals surface area contributed by atoms with Crippen molar-refractivity contribution in [3.63, 3.8) is 0 Å². The van der Waals surface area contributed by atoms with Crippen LogP contribution in [0.5, 0.6) is 23.0 Å². The van der Waals surface area contributed by atoms with Crippen LogP contribution in [0.4, 0.5) is 0 Å².